The first kappa shape index (κ1) is 9.96. The van der Waals surface area contributed by atoms with Crippen LogP contribution in [-0.4, -0.2) is 20.6 Å². The standard InChI is InChI=1S/C13H12N2O2/c1-7-4-3-5-8-11-10(15(2)12(7)8)6-9(14-11)13(16)17/h3-6,14H,1-2H3,(H,16,17). The van der Waals surface area contributed by atoms with Gasteiger partial charge in [-0.1, -0.05) is 18.2 Å². The van der Waals surface area contributed by atoms with Crippen molar-refractivity contribution in [3.8, 4) is 0 Å². The molecule has 0 amide bonds. The molecule has 0 spiro atoms. The van der Waals surface area contributed by atoms with Crippen LogP contribution in [0.15, 0.2) is 24.3 Å². The van der Waals surface area contributed by atoms with Crippen molar-refractivity contribution in [3.63, 3.8) is 0 Å². The largest absolute Gasteiger partial charge is 0.477 e. The van der Waals surface area contributed by atoms with Crippen molar-refractivity contribution in [2.75, 3.05) is 0 Å². The Morgan fingerprint density at radius 3 is 2.88 bits per heavy atom. The monoisotopic (exact) mass is 228 g/mol. The maximum absolute atomic E-state index is 10.9. The van der Waals surface area contributed by atoms with Crippen molar-refractivity contribution in [2.45, 2.75) is 6.92 Å². The molecule has 86 valence electrons. The predicted octanol–water partition coefficient (Wildman–Crippen LogP) is 2.67. The molecule has 0 aliphatic heterocycles. The van der Waals surface area contributed by atoms with Crippen LogP contribution in [0.3, 0.4) is 0 Å². The number of benzene rings is 1. The molecule has 0 radical (unpaired) electrons. The van der Waals surface area contributed by atoms with Crippen LogP contribution in [0.2, 0.25) is 0 Å². The van der Waals surface area contributed by atoms with E-state index in [1.165, 1.54) is 5.56 Å². The van der Waals surface area contributed by atoms with Crippen molar-refractivity contribution in [1.82, 2.24) is 9.55 Å². The lowest BCUT2D eigenvalue weighted by Gasteiger charge is -2.00. The summed E-state index contributed by atoms with van der Waals surface area (Å²) in [5.74, 6) is -0.929. The SMILES string of the molecule is Cc1cccc2c3[nH]c(C(=O)O)cc3n(C)c12. The minimum Gasteiger partial charge on any atom is -0.477 e. The average molecular weight is 228 g/mol. The molecular formula is C13H12N2O2. The molecule has 0 saturated heterocycles. The van der Waals surface area contributed by atoms with Crippen molar-refractivity contribution >= 4 is 27.9 Å². The Bertz CT molecular complexity index is 750. The second-order valence-corrected chi connectivity index (χ2v) is 4.28. The van der Waals surface area contributed by atoms with Crippen molar-refractivity contribution in [2.24, 2.45) is 7.05 Å². The van der Waals surface area contributed by atoms with Gasteiger partial charge in [0.1, 0.15) is 5.69 Å². The first-order valence-electron chi connectivity index (χ1n) is 5.39. The van der Waals surface area contributed by atoms with Gasteiger partial charge in [-0.3, -0.25) is 0 Å². The van der Waals surface area contributed by atoms with Crippen molar-refractivity contribution in [3.05, 3.63) is 35.5 Å². The van der Waals surface area contributed by atoms with Crippen LogP contribution in [0.4, 0.5) is 0 Å². The molecule has 0 atom stereocenters. The summed E-state index contributed by atoms with van der Waals surface area (Å²) in [6, 6.07) is 7.72. The van der Waals surface area contributed by atoms with Gasteiger partial charge in [-0.15, -0.1) is 0 Å². The van der Waals surface area contributed by atoms with E-state index in [0.29, 0.717) is 0 Å². The number of nitrogens with zero attached hydrogens (tertiary/aromatic N) is 1. The van der Waals surface area contributed by atoms with Crippen LogP contribution in [0.1, 0.15) is 16.1 Å². The van der Waals surface area contributed by atoms with Crippen LogP contribution >= 0.6 is 0 Å². The van der Waals surface area contributed by atoms with E-state index in [9.17, 15) is 4.79 Å². The lowest BCUT2D eigenvalue weighted by atomic mass is 10.1. The minimum absolute atomic E-state index is 0.231. The zero-order valence-electron chi connectivity index (χ0n) is 9.61. The van der Waals surface area contributed by atoms with Gasteiger partial charge in [0.25, 0.3) is 0 Å². The third-order valence-corrected chi connectivity index (χ3v) is 3.23. The molecule has 17 heavy (non-hydrogen) atoms. The molecule has 0 aliphatic carbocycles. The molecule has 0 saturated carbocycles. The number of aryl methyl sites for hydroxylation is 2. The highest BCUT2D eigenvalue weighted by atomic mass is 16.4. The second kappa shape index (κ2) is 3.13. The summed E-state index contributed by atoms with van der Waals surface area (Å²) in [5, 5.41) is 10.0. The zero-order chi connectivity index (χ0) is 12.2. The molecule has 3 rings (SSSR count). The van der Waals surface area contributed by atoms with Gasteiger partial charge in [0.05, 0.1) is 16.6 Å². The normalized spacial score (nSPS) is 11.4. The smallest absolute Gasteiger partial charge is 0.352 e. The summed E-state index contributed by atoms with van der Waals surface area (Å²) in [6.45, 7) is 2.05. The Kier molecular flexibility index (Phi) is 1.84. The molecule has 4 heteroatoms. The summed E-state index contributed by atoms with van der Waals surface area (Å²) in [4.78, 5) is 13.9. The van der Waals surface area contributed by atoms with E-state index < -0.39 is 5.97 Å². The summed E-state index contributed by atoms with van der Waals surface area (Å²) < 4.78 is 2.03. The Balaban J connectivity index is 2.51. The number of carboxylic acids is 1. The third kappa shape index (κ3) is 1.21. The Hall–Kier alpha value is -2.23. The fourth-order valence-corrected chi connectivity index (χ4v) is 2.46. The number of aromatic carboxylic acids is 1. The Morgan fingerprint density at radius 2 is 2.18 bits per heavy atom. The second-order valence-electron chi connectivity index (χ2n) is 4.28. The van der Waals surface area contributed by atoms with E-state index in [4.69, 9.17) is 5.11 Å². The fourth-order valence-electron chi connectivity index (χ4n) is 2.46. The number of carbonyl (C=O) groups is 1. The molecule has 0 fully saturated rings. The number of rotatable bonds is 1. The fraction of sp³-hybridized carbons (Fsp3) is 0.154. The van der Waals surface area contributed by atoms with Gasteiger partial charge >= 0.3 is 5.97 Å². The molecule has 2 heterocycles. The molecule has 2 aromatic heterocycles. The van der Waals surface area contributed by atoms with Crippen LogP contribution in [0, 0.1) is 6.92 Å². The highest BCUT2D eigenvalue weighted by Crippen LogP contribution is 2.30. The number of nitrogens with one attached hydrogen (secondary N) is 1. The van der Waals surface area contributed by atoms with Gasteiger partial charge in [-0.05, 0) is 18.6 Å². The summed E-state index contributed by atoms with van der Waals surface area (Å²) in [7, 11) is 1.96. The number of H-pyrrole nitrogens is 1. The van der Waals surface area contributed by atoms with Crippen LogP contribution in [0.5, 0.6) is 0 Å². The summed E-state index contributed by atoms with van der Waals surface area (Å²) in [6.07, 6.45) is 0. The molecule has 0 aliphatic rings. The van der Waals surface area contributed by atoms with Gasteiger partial charge in [-0.25, -0.2) is 4.79 Å². The number of carboxylic acid groups (broad SMARTS) is 1. The van der Waals surface area contributed by atoms with E-state index >= 15 is 0 Å². The lowest BCUT2D eigenvalue weighted by Crippen LogP contribution is -1.96. The van der Waals surface area contributed by atoms with Crippen molar-refractivity contribution < 1.29 is 9.90 Å². The molecular weight excluding hydrogens is 216 g/mol. The Morgan fingerprint density at radius 1 is 1.41 bits per heavy atom. The van der Waals surface area contributed by atoms with Gasteiger partial charge in [0.2, 0.25) is 0 Å². The van der Waals surface area contributed by atoms with Crippen LogP contribution in [0.25, 0.3) is 21.9 Å². The van der Waals surface area contributed by atoms with Crippen LogP contribution < -0.4 is 0 Å². The lowest BCUT2D eigenvalue weighted by molar-refractivity contribution is 0.0691. The molecule has 0 bridgehead atoms. The number of aromatic nitrogens is 2. The zero-order valence-corrected chi connectivity index (χ0v) is 9.61. The van der Waals surface area contributed by atoms with E-state index in [1.807, 2.05) is 23.7 Å². The molecule has 4 nitrogen and oxygen atoms in total. The first-order valence-corrected chi connectivity index (χ1v) is 5.39. The number of fused-ring (bicyclic) bond motifs is 3. The quantitative estimate of drug-likeness (QED) is 0.672. The highest BCUT2D eigenvalue weighted by Gasteiger charge is 2.15. The first-order chi connectivity index (χ1) is 8.09. The molecule has 1 aromatic carbocycles. The predicted molar refractivity (Wildman–Crippen MR) is 66.5 cm³/mol. The minimum atomic E-state index is -0.929. The number of para-hydroxylation sites is 1. The van der Waals surface area contributed by atoms with Crippen molar-refractivity contribution in [1.29, 1.82) is 0 Å². The van der Waals surface area contributed by atoms with E-state index in [0.717, 1.165) is 21.9 Å². The number of hydrogen-bond acceptors (Lipinski definition) is 1. The molecule has 2 N–H and O–H groups in total. The topological polar surface area (TPSA) is 58.0 Å². The third-order valence-electron chi connectivity index (χ3n) is 3.23. The summed E-state index contributed by atoms with van der Waals surface area (Å²) in [5.41, 5.74) is 4.38. The Labute approximate surface area is 97.5 Å². The van der Waals surface area contributed by atoms with E-state index in [-0.39, 0.29) is 5.69 Å². The highest BCUT2D eigenvalue weighted by molar-refractivity contribution is 6.09. The van der Waals surface area contributed by atoms with Gasteiger partial charge in [-0.2, -0.15) is 0 Å². The van der Waals surface area contributed by atoms with E-state index in [1.54, 1.807) is 6.07 Å². The summed E-state index contributed by atoms with van der Waals surface area (Å²) >= 11 is 0. The van der Waals surface area contributed by atoms with Gasteiger partial charge in [0.15, 0.2) is 0 Å². The average Bonchev–Trinajstić information content (AvgIpc) is 2.81. The molecule has 3 aromatic rings. The van der Waals surface area contributed by atoms with E-state index in [2.05, 4.69) is 18.0 Å². The molecule has 0 unspecified atom stereocenters. The maximum atomic E-state index is 10.9. The van der Waals surface area contributed by atoms with Gasteiger partial charge < -0.3 is 14.7 Å². The number of hydrogen-bond donors (Lipinski definition) is 2. The van der Waals surface area contributed by atoms with Gasteiger partial charge in [0, 0.05) is 12.4 Å². The van der Waals surface area contributed by atoms with Crippen LogP contribution in [-0.2, 0) is 7.05 Å². The maximum Gasteiger partial charge on any atom is 0.352 e. The number of aromatic amines is 1.